The smallest absolute Gasteiger partial charge is 0.248 e. The van der Waals surface area contributed by atoms with Crippen molar-refractivity contribution in [3.8, 4) is 0 Å². The fourth-order valence-electron chi connectivity index (χ4n) is 1.80. The van der Waals surface area contributed by atoms with Crippen LogP contribution in [0.5, 0.6) is 0 Å². The molecular weight excluding hydrogens is 202 g/mol. The van der Waals surface area contributed by atoms with Gasteiger partial charge in [0.25, 0.3) is 0 Å². The Morgan fingerprint density at radius 2 is 2.00 bits per heavy atom. The summed E-state index contributed by atoms with van der Waals surface area (Å²) >= 11 is 0. The summed E-state index contributed by atoms with van der Waals surface area (Å²) in [6, 6.07) is 0. The van der Waals surface area contributed by atoms with E-state index in [9.17, 15) is 13.6 Å². The first-order valence-electron chi connectivity index (χ1n) is 5.53. The lowest BCUT2D eigenvalue weighted by molar-refractivity contribution is -0.131. The van der Waals surface area contributed by atoms with Crippen LogP contribution in [0, 0.1) is 5.92 Å². The van der Waals surface area contributed by atoms with Crippen LogP contribution in [-0.2, 0) is 9.53 Å². The highest BCUT2D eigenvalue weighted by Gasteiger charge is 2.37. The largest absolute Gasteiger partial charge is 0.374 e. The van der Waals surface area contributed by atoms with Gasteiger partial charge in [0.05, 0.1) is 0 Å². The second kappa shape index (κ2) is 5.54. The van der Waals surface area contributed by atoms with E-state index in [0.717, 1.165) is 6.42 Å². The molecule has 4 heteroatoms. The molecule has 0 aromatic carbocycles. The third-order valence-corrected chi connectivity index (χ3v) is 2.77. The first-order chi connectivity index (χ1) is 7.05. The lowest BCUT2D eigenvalue weighted by atomic mass is 9.84. The van der Waals surface area contributed by atoms with E-state index in [4.69, 9.17) is 4.74 Å². The number of rotatable bonds is 5. The molecule has 0 saturated heterocycles. The molecule has 0 bridgehead atoms. The zero-order valence-corrected chi connectivity index (χ0v) is 9.10. The van der Waals surface area contributed by atoms with Gasteiger partial charge in [-0.3, -0.25) is 4.79 Å². The fraction of sp³-hybridized carbons (Fsp3) is 0.909. The predicted molar refractivity (Wildman–Crippen MR) is 53.0 cm³/mol. The molecule has 0 amide bonds. The van der Waals surface area contributed by atoms with Gasteiger partial charge in [0.2, 0.25) is 5.92 Å². The zero-order valence-electron chi connectivity index (χ0n) is 9.10. The first-order valence-corrected chi connectivity index (χ1v) is 5.53. The van der Waals surface area contributed by atoms with E-state index in [0.29, 0.717) is 19.4 Å². The molecule has 0 atom stereocenters. The van der Waals surface area contributed by atoms with Crippen LogP contribution < -0.4 is 0 Å². The molecule has 0 spiro atoms. The van der Waals surface area contributed by atoms with Crippen molar-refractivity contribution in [3.05, 3.63) is 0 Å². The summed E-state index contributed by atoms with van der Waals surface area (Å²) in [5, 5.41) is 0. The molecule has 0 aliphatic heterocycles. The highest BCUT2D eigenvalue weighted by molar-refractivity contribution is 5.82. The van der Waals surface area contributed by atoms with E-state index >= 15 is 0 Å². The molecule has 1 aliphatic carbocycles. The van der Waals surface area contributed by atoms with Crippen molar-refractivity contribution in [2.75, 3.05) is 13.2 Å². The van der Waals surface area contributed by atoms with Crippen molar-refractivity contribution in [2.45, 2.75) is 45.0 Å². The first kappa shape index (κ1) is 12.6. The number of hydrogen-bond donors (Lipinski definition) is 0. The summed E-state index contributed by atoms with van der Waals surface area (Å²) in [6.07, 6.45) is 1.17. The third-order valence-electron chi connectivity index (χ3n) is 2.77. The molecule has 0 heterocycles. The molecule has 0 aromatic heterocycles. The van der Waals surface area contributed by atoms with Crippen molar-refractivity contribution < 1.29 is 18.3 Å². The second-order valence-electron chi connectivity index (χ2n) is 4.15. The van der Waals surface area contributed by atoms with Crippen molar-refractivity contribution in [3.63, 3.8) is 0 Å². The minimum Gasteiger partial charge on any atom is -0.374 e. The van der Waals surface area contributed by atoms with Gasteiger partial charge in [-0.2, -0.15) is 0 Å². The van der Waals surface area contributed by atoms with Gasteiger partial charge < -0.3 is 4.74 Å². The summed E-state index contributed by atoms with van der Waals surface area (Å²) in [4.78, 5) is 11.5. The number of carbonyl (C=O) groups excluding carboxylic acids is 1. The van der Waals surface area contributed by atoms with Crippen LogP contribution in [-0.4, -0.2) is 24.9 Å². The second-order valence-corrected chi connectivity index (χ2v) is 4.15. The lowest BCUT2D eigenvalue weighted by Gasteiger charge is -2.27. The van der Waals surface area contributed by atoms with Gasteiger partial charge in [0.15, 0.2) is 5.78 Å². The number of ether oxygens (including phenoxy) is 1. The highest BCUT2D eigenvalue weighted by Crippen LogP contribution is 2.36. The molecule has 0 aromatic rings. The number of hydrogen-bond acceptors (Lipinski definition) is 2. The maximum Gasteiger partial charge on any atom is 0.248 e. The maximum atomic E-state index is 12.8. The van der Waals surface area contributed by atoms with Crippen LogP contribution in [0.4, 0.5) is 8.78 Å². The van der Waals surface area contributed by atoms with Gasteiger partial charge in [0.1, 0.15) is 6.61 Å². The molecule has 1 saturated carbocycles. The maximum absolute atomic E-state index is 12.8. The minimum absolute atomic E-state index is 0.0149. The number of Topliss-reactive ketones (excluding diaryl/α,β-unsaturated/α-hetero) is 1. The topological polar surface area (TPSA) is 26.3 Å². The summed E-state index contributed by atoms with van der Waals surface area (Å²) < 4.78 is 30.7. The summed E-state index contributed by atoms with van der Waals surface area (Å²) in [5.41, 5.74) is 0. The fourth-order valence-corrected chi connectivity index (χ4v) is 1.80. The van der Waals surface area contributed by atoms with E-state index in [1.807, 2.05) is 6.92 Å². The molecule has 88 valence electrons. The normalized spacial score (nSPS) is 21.5. The van der Waals surface area contributed by atoms with Gasteiger partial charge in [-0.05, 0) is 19.3 Å². The molecule has 1 aliphatic rings. The molecule has 1 fully saturated rings. The van der Waals surface area contributed by atoms with Crippen molar-refractivity contribution in [1.82, 2.24) is 0 Å². The van der Waals surface area contributed by atoms with Crippen LogP contribution >= 0.6 is 0 Å². The minimum atomic E-state index is -2.55. The van der Waals surface area contributed by atoms with Crippen LogP contribution in [0.15, 0.2) is 0 Å². The van der Waals surface area contributed by atoms with Crippen molar-refractivity contribution >= 4 is 5.78 Å². The Hall–Kier alpha value is -0.510. The Bertz CT molecular complexity index is 207. The summed E-state index contributed by atoms with van der Waals surface area (Å²) in [7, 11) is 0. The highest BCUT2D eigenvalue weighted by atomic mass is 19.3. The standard InChI is InChI=1S/C11H18F2O2/c1-2-7-15-8-10(14)9-3-5-11(12,13)6-4-9/h9H,2-8H2,1H3. The Morgan fingerprint density at radius 3 is 2.53 bits per heavy atom. The molecule has 0 radical (unpaired) electrons. The predicted octanol–water partition coefficient (Wildman–Crippen LogP) is 2.81. The van der Waals surface area contributed by atoms with Crippen LogP contribution in [0.25, 0.3) is 0 Å². The van der Waals surface area contributed by atoms with Gasteiger partial charge in [-0.1, -0.05) is 6.92 Å². The monoisotopic (exact) mass is 220 g/mol. The Kier molecular flexibility index (Phi) is 4.64. The van der Waals surface area contributed by atoms with E-state index in [1.54, 1.807) is 0 Å². The van der Waals surface area contributed by atoms with E-state index < -0.39 is 5.92 Å². The molecule has 1 rings (SSSR count). The molecule has 15 heavy (non-hydrogen) atoms. The Labute approximate surface area is 89.0 Å². The quantitative estimate of drug-likeness (QED) is 0.666. The Morgan fingerprint density at radius 1 is 1.40 bits per heavy atom. The van der Waals surface area contributed by atoms with Crippen molar-refractivity contribution in [2.24, 2.45) is 5.92 Å². The van der Waals surface area contributed by atoms with Gasteiger partial charge in [-0.15, -0.1) is 0 Å². The average Bonchev–Trinajstić information content (AvgIpc) is 2.18. The average molecular weight is 220 g/mol. The van der Waals surface area contributed by atoms with Crippen molar-refractivity contribution in [1.29, 1.82) is 0 Å². The Balaban J connectivity index is 2.24. The van der Waals surface area contributed by atoms with Gasteiger partial charge in [0, 0.05) is 25.4 Å². The van der Waals surface area contributed by atoms with E-state index in [-0.39, 0.29) is 31.1 Å². The van der Waals surface area contributed by atoms with E-state index in [2.05, 4.69) is 0 Å². The molecule has 0 unspecified atom stereocenters. The zero-order chi connectivity index (χ0) is 11.3. The van der Waals surface area contributed by atoms with E-state index in [1.165, 1.54) is 0 Å². The third kappa shape index (κ3) is 4.24. The molecule has 2 nitrogen and oxygen atoms in total. The number of halogens is 2. The summed E-state index contributed by atoms with van der Waals surface area (Å²) in [6.45, 7) is 2.62. The number of carbonyl (C=O) groups is 1. The van der Waals surface area contributed by atoms with Gasteiger partial charge in [-0.25, -0.2) is 8.78 Å². The summed E-state index contributed by atoms with van der Waals surface area (Å²) in [5.74, 6) is -2.78. The number of ketones is 1. The van der Waals surface area contributed by atoms with Gasteiger partial charge >= 0.3 is 0 Å². The SMILES string of the molecule is CCCOCC(=O)C1CCC(F)(F)CC1. The molecular formula is C11H18F2O2. The molecule has 0 N–H and O–H groups in total. The van der Waals surface area contributed by atoms with Crippen LogP contribution in [0.2, 0.25) is 0 Å². The lowest BCUT2D eigenvalue weighted by Crippen LogP contribution is -2.30. The van der Waals surface area contributed by atoms with Crippen LogP contribution in [0.1, 0.15) is 39.0 Å². The number of alkyl halides is 2. The van der Waals surface area contributed by atoms with Crippen LogP contribution in [0.3, 0.4) is 0 Å².